The minimum atomic E-state index is 0.505. The molecule has 0 unspecified atom stereocenters. The van der Waals surface area contributed by atoms with E-state index in [-0.39, 0.29) is 0 Å². The summed E-state index contributed by atoms with van der Waals surface area (Å²) >= 11 is 18.5. The lowest BCUT2D eigenvalue weighted by Gasteiger charge is -2.14. The zero-order chi connectivity index (χ0) is 14.6. The predicted octanol–water partition coefficient (Wildman–Crippen LogP) is 4.05. The molecule has 1 aromatic heterocycles. The number of nitrogens with zero attached hydrogens (tertiary/aromatic N) is 1. The summed E-state index contributed by atoms with van der Waals surface area (Å²) in [5, 5.41) is 2.10. The summed E-state index contributed by atoms with van der Waals surface area (Å²) in [5.41, 5.74) is 3.36. The van der Waals surface area contributed by atoms with E-state index in [0.717, 1.165) is 50.3 Å². The van der Waals surface area contributed by atoms with Crippen LogP contribution in [0.25, 0.3) is 10.9 Å². The number of hydrogen-bond donors (Lipinski definition) is 5. The molecule has 0 saturated carbocycles. The van der Waals surface area contributed by atoms with Gasteiger partial charge in [0.05, 0.1) is 10.5 Å². The molecule has 2 aromatic rings. The van der Waals surface area contributed by atoms with Crippen LogP contribution in [0.15, 0.2) is 19.7 Å². The summed E-state index contributed by atoms with van der Waals surface area (Å²) in [6.07, 6.45) is 1.16. The van der Waals surface area contributed by atoms with Crippen LogP contribution < -0.4 is 0 Å². The molecule has 0 bridgehead atoms. The molecule has 1 aromatic carbocycles. The van der Waals surface area contributed by atoms with Crippen molar-refractivity contribution in [3.8, 4) is 0 Å². The van der Waals surface area contributed by atoms with E-state index in [2.05, 4.69) is 54.8 Å². The van der Waals surface area contributed by atoms with Crippen molar-refractivity contribution < 1.29 is 0 Å². The molecule has 0 aliphatic carbocycles. The lowest BCUT2D eigenvalue weighted by atomic mass is 9.97. The Balaban J connectivity index is 2.30. The van der Waals surface area contributed by atoms with Crippen LogP contribution in [-0.4, -0.2) is 30.0 Å². The summed E-state index contributed by atoms with van der Waals surface area (Å²) in [7, 11) is 2.16. The average Bonchev–Trinajstić information content (AvgIpc) is 2.97. The van der Waals surface area contributed by atoms with Crippen molar-refractivity contribution in [3.05, 3.63) is 11.1 Å². The lowest BCUT2D eigenvalue weighted by Crippen LogP contribution is -2.13. The Morgan fingerprint density at radius 3 is 2.40 bits per heavy atom. The third kappa shape index (κ3) is 2.20. The maximum Gasteiger partial charge on any atom is 0.0738 e. The fourth-order valence-corrected chi connectivity index (χ4v) is 4.49. The Hall–Kier alpha value is 0.120. The maximum absolute atomic E-state index is 4.73. The zero-order valence-corrected chi connectivity index (χ0v) is 15.0. The fraction of sp³-hybridized carbons (Fsp3) is 0.429. The highest BCUT2D eigenvalue weighted by molar-refractivity contribution is 7.84. The van der Waals surface area contributed by atoms with Gasteiger partial charge in [0, 0.05) is 32.5 Å². The Morgan fingerprint density at radius 2 is 1.80 bits per heavy atom. The maximum atomic E-state index is 4.73. The van der Waals surface area contributed by atoms with Gasteiger partial charge in [-0.1, -0.05) is 0 Å². The lowest BCUT2D eigenvalue weighted by molar-refractivity contribution is 0.411. The second-order valence-electron chi connectivity index (χ2n) is 5.56. The number of aromatic amines is 1. The number of thiol groups is 4. The number of aromatic nitrogens is 1. The molecule has 1 saturated heterocycles. The molecule has 0 amide bonds. The molecule has 1 aliphatic heterocycles. The number of nitrogens with one attached hydrogen (secondary N) is 1. The molecule has 1 fully saturated rings. The van der Waals surface area contributed by atoms with Crippen molar-refractivity contribution in [2.45, 2.75) is 39.0 Å². The van der Waals surface area contributed by atoms with Gasteiger partial charge in [0.1, 0.15) is 0 Å². The highest BCUT2D eigenvalue weighted by Crippen LogP contribution is 2.44. The molecule has 1 atom stereocenters. The first-order valence-corrected chi connectivity index (χ1v) is 8.37. The Labute approximate surface area is 141 Å². The normalized spacial score (nSPS) is 20.2. The molecule has 1 aliphatic rings. The summed E-state index contributed by atoms with van der Waals surface area (Å²) in [6, 6.07) is 0. The molecule has 2 heterocycles. The number of fused-ring (bicyclic) bond motifs is 1. The highest BCUT2D eigenvalue weighted by Gasteiger charge is 2.28. The molecule has 1 N–H and O–H groups in total. The van der Waals surface area contributed by atoms with Crippen LogP contribution in [0.1, 0.15) is 23.5 Å². The number of likely N-dealkylation sites (N-methyl/N-ethyl adjacent to an activating group) is 1. The number of likely N-dealkylation sites (tertiary alicyclic amines) is 1. The van der Waals surface area contributed by atoms with E-state index < -0.39 is 0 Å². The van der Waals surface area contributed by atoms with Crippen LogP contribution in [-0.2, 0) is 0 Å². The van der Waals surface area contributed by atoms with Gasteiger partial charge in [0.25, 0.3) is 0 Å². The van der Waals surface area contributed by atoms with Gasteiger partial charge in [-0.25, -0.2) is 0 Å². The van der Waals surface area contributed by atoms with E-state index in [0.29, 0.717) is 5.92 Å². The van der Waals surface area contributed by atoms with Crippen LogP contribution in [0.4, 0.5) is 0 Å². The number of H-pyrrole nitrogens is 1. The first-order chi connectivity index (χ1) is 9.41. The Morgan fingerprint density at radius 1 is 1.10 bits per heavy atom. The van der Waals surface area contributed by atoms with Gasteiger partial charge in [0.15, 0.2) is 0 Å². The largest absolute Gasteiger partial charge is 0.349 e. The van der Waals surface area contributed by atoms with Crippen LogP contribution in [0.3, 0.4) is 0 Å². The number of hydrogen-bond acceptors (Lipinski definition) is 5. The molecule has 3 rings (SSSR count). The van der Waals surface area contributed by atoms with Crippen LogP contribution in [0, 0.1) is 6.92 Å². The first kappa shape index (κ1) is 15.0. The third-order valence-corrected chi connectivity index (χ3v) is 6.32. The second-order valence-corrected chi connectivity index (χ2v) is 7.34. The topological polar surface area (TPSA) is 19.0 Å². The van der Waals surface area contributed by atoms with Crippen molar-refractivity contribution in [1.29, 1.82) is 0 Å². The fourth-order valence-electron chi connectivity index (χ4n) is 3.09. The van der Waals surface area contributed by atoms with E-state index >= 15 is 0 Å². The SMILES string of the molecule is Cc1c(S)c(S)c2[nH]c(S)c([C@H]3CCN(C)C3)c2c1S. The number of benzene rings is 1. The van der Waals surface area contributed by atoms with Gasteiger partial charge in [-0.05, 0) is 38.1 Å². The van der Waals surface area contributed by atoms with Gasteiger partial charge >= 0.3 is 0 Å². The van der Waals surface area contributed by atoms with E-state index in [9.17, 15) is 0 Å². The molecule has 6 heteroatoms. The molecular weight excluding hydrogens is 324 g/mol. The van der Waals surface area contributed by atoms with E-state index in [1.165, 1.54) is 10.9 Å². The van der Waals surface area contributed by atoms with Gasteiger partial charge < -0.3 is 9.88 Å². The van der Waals surface area contributed by atoms with E-state index in [1.807, 2.05) is 6.92 Å². The monoisotopic (exact) mass is 342 g/mol. The first-order valence-electron chi connectivity index (χ1n) is 6.58. The van der Waals surface area contributed by atoms with E-state index in [4.69, 9.17) is 12.6 Å². The van der Waals surface area contributed by atoms with Gasteiger partial charge in [0.2, 0.25) is 0 Å². The van der Waals surface area contributed by atoms with Crippen LogP contribution >= 0.6 is 50.5 Å². The quantitative estimate of drug-likeness (QED) is 0.495. The summed E-state index contributed by atoms with van der Waals surface area (Å²) in [5.74, 6) is 0.505. The minimum Gasteiger partial charge on any atom is -0.349 e. The molecule has 0 spiro atoms. The van der Waals surface area contributed by atoms with Gasteiger partial charge in [-0.15, -0.1) is 50.5 Å². The van der Waals surface area contributed by atoms with E-state index in [1.54, 1.807) is 0 Å². The molecule has 108 valence electrons. The van der Waals surface area contributed by atoms with Crippen molar-refractivity contribution in [2.24, 2.45) is 0 Å². The third-order valence-electron chi connectivity index (χ3n) is 4.23. The highest BCUT2D eigenvalue weighted by atomic mass is 32.1. The summed E-state index contributed by atoms with van der Waals surface area (Å²) in [6.45, 7) is 4.24. The van der Waals surface area contributed by atoms with Gasteiger partial charge in [-0.3, -0.25) is 0 Å². The smallest absolute Gasteiger partial charge is 0.0738 e. The molecule has 2 nitrogen and oxygen atoms in total. The van der Waals surface area contributed by atoms with Crippen LogP contribution in [0.5, 0.6) is 0 Å². The Bertz CT molecular complexity index is 693. The van der Waals surface area contributed by atoms with Gasteiger partial charge in [-0.2, -0.15) is 0 Å². The predicted molar refractivity (Wildman–Crippen MR) is 96.9 cm³/mol. The summed E-state index contributed by atoms with van der Waals surface area (Å²) in [4.78, 5) is 8.48. The number of rotatable bonds is 1. The van der Waals surface area contributed by atoms with Crippen LogP contribution in [0.2, 0.25) is 0 Å². The zero-order valence-electron chi connectivity index (χ0n) is 11.4. The standard InChI is InChI=1S/C14H18N2S4/c1-6-11(17)9-8(7-3-4-16(2)5-7)14(20)15-10(9)13(19)12(6)18/h7,15,17-20H,3-5H2,1-2H3/t7-/m0/s1. The van der Waals surface area contributed by atoms with Crippen molar-refractivity contribution in [3.63, 3.8) is 0 Å². The van der Waals surface area contributed by atoms with Crippen molar-refractivity contribution in [2.75, 3.05) is 20.1 Å². The Kier molecular flexibility index (Phi) is 4.05. The minimum absolute atomic E-state index is 0.505. The van der Waals surface area contributed by atoms with Crippen molar-refractivity contribution >= 4 is 61.4 Å². The molecule has 20 heavy (non-hydrogen) atoms. The van der Waals surface area contributed by atoms with Crippen molar-refractivity contribution in [1.82, 2.24) is 9.88 Å². The average molecular weight is 343 g/mol. The summed E-state index contributed by atoms with van der Waals surface area (Å²) < 4.78 is 0. The molecule has 0 radical (unpaired) electrons. The molecular formula is C14H18N2S4. The second kappa shape index (κ2) is 5.39.